The van der Waals surface area contributed by atoms with Crippen LogP contribution in [0, 0.1) is 11.8 Å². The molecule has 30 heavy (non-hydrogen) atoms. The minimum atomic E-state index is -0.201. The molecule has 2 aliphatic carbocycles. The van der Waals surface area contributed by atoms with E-state index in [0.29, 0.717) is 12.5 Å². The third-order valence-corrected chi connectivity index (χ3v) is 5.75. The summed E-state index contributed by atoms with van der Waals surface area (Å²) in [4.78, 5) is 27.8. The van der Waals surface area contributed by atoms with Crippen molar-refractivity contribution in [3.8, 4) is 0 Å². The number of rotatable bonds is 8. The van der Waals surface area contributed by atoms with E-state index in [1.165, 1.54) is 11.1 Å². The first kappa shape index (κ1) is 23.7. The van der Waals surface area contributed by atoms with E-state index >= 15 is 0 Å². The number of hydrogen-bond donors (Lipinski definition) is 1. The van der Waals surface area contributed by atoms with Gasteiger partial charge < -0.3 is 10.2 Å². The first-order valence-corrected chi connectivity index (χ1v) is 11.0. The molecule has 0 saturated heterocycles. The van der Waals surface area contributed by atoms with Crippen LogP contribution in [0.2, 0.25) is 0 Å². The molecule has 2 rings (SSSR count). The van der Waals surface area contributed by atoms with Gasteiger partial charge in [0.1, 0.15) is 6.54 Å². The molecule has 0 saturated carbocycles. The Labute approximate surface area is 181 Å². The number of likely N-dealkylation sites (N-methyl/N-ethyl adjacent to an activating group) is 1. The fourth-order valence-corrected chi connectivity index (χ4v) is 3.98. The van der Waals surface area contributed by atoms with E-state index in [4.69, 9.17) is 0 Å². The molecule has 1 N–H and O–H groups in total. The molecule has 0 bridgehead atoms. The minimum Gasteiger partial charge on any atom is -0.355 e. The van der Waals surface area contributed by atoms with E-state index in [-0.39, 0.29) is 24.3 Å². The third kappa shape index (κ3) is 6.19. The van der Waals surface area contributed by atoms with E-state index in [2.05, 4.69) is 44.0 Å². The highest BCUT2D eigenvalue weighted by Crippen LogP contribution is 2.33. The topological polar surface area (TPSA) is 49.4 Å². The van der Waals surface area contributed by atoms with Gasteiger partial charge in [-0.15, -0.1) is 0 Å². The van der Waals surface area contributed by atoms with Gasteiger partial charge in [0.2, 0.25) is 11.8 Å². The molecule has 1 unspecified atom stereocenters. The Morgan fingerprint density at radius 1 is 1.30 bits per heavy atom. The maximum atomic E-state index is 13.7. The van der Waals surface area contributed by atoms with E-state index in [1.54, 1.807) is 11.0 Å². The van der Waals surface area contributed by atoms with Crippen molar-refractivity contribution in [3.63, 3.8) is 0 Å². The Hall–Kier alpha value is -2.62. The van der Waals surface area contributed by atoms with Crippen LogP contribution in [0.15, 0.2) is 71.5 Å². The van der Waals surface area contributed by atoms with Gasteiger partial charge in [0.25, 0.3) is 0 Å². The Kier molecular flexibility index (Phi) is 9.10. The molecule has 0 fully saturated rings. The van der Waals surface area contributed by atoms with Crippen LogP contribution in [0.5, 0.6) is 0 Å². The van der Waals surface area contributed by atoms with Crippen molar-refractivity contribution < 1.29 is 9.59 Å². The van der Waals surface area contributed by atoms with Crippen LogP contribution >= 0.6 is 0 Å². The quantitative estimate of drug-likeness (QED) is 0.559. The van der Waals surface area contributed by atoms with Gasteiger partial charge in [0.05, 0.1) is 5.92 Å². The molecule has 4 nitrogen and oxygen atoms in total. The molecular formula is C26H36N2O2. The molecule has 2 amide bonds. The van der Waals surface area contributed by atoms with Gasteiger partial charge in [0, 0.05) is 12.2 Å². The average molecular weight is 409 g/mol. The van der Waals surface area contributed by atoms with Gasteiger partial charge in [0.15, 0.2) is 0 Å². The van der Waals surface area contributed by atoms with Crippen molar-refractivity contribution in [2.45, 2.75) is 53.4 Å². The molecule has 1 atom stereocenters. The number of hydrogen-bond acceptors (Lipinski definition) is 2. The van der Waals surface area contributed by atoms with Crippen LogP contribution in [0.1, 0.15) is 53.4 Å². The number of amides is 2. The van der Waals surface area contributed by atoms with Crippen LogP contribution in [0.25, 0.3) is 0 Å². The van der Waals surface area contributed by atoms with Crippen LogP contribution in [0.3, 0.4) is 0 Å². The second kappa shape index (κ2) is 11.5. The molecule has 0 aromatic heterocycles. The van der Waals surface area contributed by atoms with Gasteiger partial charge >= 0.3 is 0 Å². The highest BCUT2D eigenvalue weighted by Gasteiger charge is 2.31. The molecule has 0 radical (unpaired) electrons. The number of nitrogens with zero attached hydrogens (tertiary/aromatic N) is 1. The predicted molar refractivity (Wildman–Crippen MR) is 125 cm³/mol. The fourth-order valence-electron chi connectivity index (χ4n) is 3.98. The van der Waals surface area contributed by atoms with E-state index in [0.717, 1.165) is 37.0 Å². The summed E-state index contributed by atoms with van der Waals surface area (Å²) in [6, 6.07) is 0. The molecule has 0 heterocycles. The molecule has 162 valence electrons. The lowest BCUT2D eigenvalue weighted by Gasteiger charge is -2.31. The number of carbonyl (C=O) groups excluding carboxylic acids is 2. The van der Waals surface area contributed by atoms with Crippen molar-refractivity contribution in [2.75, 3.05) is 13.1 Å². The van der Waals surface area contributed by atoms with Crippen LogP contribution in [-0.2, 0) is 9.59 Å². The van der Waals surface area contributed by atoms with Gasteiger partial charge in [-0.2, -0.15) is 0 Å². The van der Waals surface area contributed by atoms with Gasteiger partial charge in [-0.1, -0.05) is 62.5 Å². The second-order valence-electron chi connectivity index (χ2n) is 8.18. The van der Waals surface area contributed by atoms with Crippen molar-refractivity contribution in [1.82, 2.24) is 10.2 Å². The van der Waals surface area contributed by atoms with Crippen molar-refractivity contribution >= 4 is 11.8 Å². The summed E-state index contributed by atoms with van der Waals surface area (Å²) in [7, 11) is 0. The molecule has 0 aromatic rings. The summed E-state index contributed by atoms with van der Waals surface area (Å²) in [5.41, 5.74) is 4.35. The predicted octanol–water partition coefficient (Wildman–Crippen LogP) is 5.24. The zero-order valence-electron chi connectivity index (χ0n) is 18.9. The number of carbonyl (C=O) groups is 2. The normalized spacial score (nSPS) is 19.4. The Morgan fingerprint density at radius 2 is 2.07 bits per heavy atom. The molecule has 4 heteroatoms. The SMILES string of the molecule is C=C/C=C\C1=C(C)C(C(=O)N(CC(=O)NCC)C2=CCC=C(C(C)C)C=C2)CCC1. The molecular weight excluding hydrogens is 372 g/mol. The summed E-state index contributed by atoms with van der Waals surface area (Å²) in [6.45, 7) is 12.6. The zero-order chi connectivity index (χ0) is 22.1. The van der Waals surface area contributed by atoms with E-state index in [1.807, 2.05) is 32.1 Å². The average Bonchev–Trinajstić information content (AvgIpc) is 2.97. The highest BCUT2D eigenvalue weighted by molar-refractivity contribution is 5.89. The third-order valence-electron chi connectivity index (χ3n) is 5.75. The minimum absolute atomic E-state index is 0.00635. The Balaban J connectivity index is 2.35. The van der Waals surface area contributed by atoms with Gasteiger partial charge in [-0.05, 0) is 62.7 Å². The van der Waals surface area contributed by atoms with Crippen molar-refractivity contribution in [2.24, 2.45) is 11.8 Å². The molecule has 2 aliphatic rings. The van der Waals surface area contributed by atoms with E-state index < -0.39 is 0 Å². The summed E-state index contributed by atoms with van der Waals surface area (Å²) in [5.74, 6) is 0.0921. The van der Waals surface area contributed by atoms with Crippen LogP contribution in [0.4, 0.5) is 0 Å². The Bertz CT molecular complexity index is 809. The first-order valence-electron chi connectivity index (χ1n) is 11.0. The van der Waals surface area contributed by atoms with E-state index in [9.17, 15) is 9.59 Å². The van der Waals surface area contributed by atoms with Crippen molar-refractivity contribution in [1.29, 1.82) is 0 Å². The standard InChI is InChI=1S/C26H36N2O2/c1-6-8-11-22-13-10-15-24(20(22)5)26(30)28(18-25(29)27-7-2)23-14-9-12-21(16-17-23)19(3)4/h6,8,11-12,14,16-17,19,24H,1,7,9-10,13,15,18H2,2-5H3,(H,27,29)/b11-8-. The summed E-state index contributed by atoms with van der Waals surface area (Å²) in [5, 5.41) is 2.83. The summed E-state index contributed by atoms with van der Waals surface area (Å²) >= 11 is 0. The summed E-state index contributed by atoms with van der Waals surface area (Å²) < 4.78 is 0. The second-order valence-corrected chi connectivity index (χ2v) is 8.18. The number of nitrogens with one attached hydrogen (secondary N) is 1. The van der Waals surface area contributed by atoms with Gasteiger partial charge in [-0.25, -0.2) is 0 Å². The Morgan fingerprint density at radius 3 is 2.73 bits per heavy atom. The lowest BCUT2D eigenvalue weighted by Crippen LogP contribution is -2.43. The highest BCUT2D eigenvalue weighted by atomic mass is 16.2. The first-order chi connectivity index (χ1) is 14.4. The zero-order valence-corrected chi connectivity index (χ0v) is 18.9. The smallest absolute Gasteiger partial charge is 0.240 e. The maximum absolute atomic E-state index is 13.7. The lowest BCUT2D eigenvalue weighted by atomic mass is 9.82. The summed E-state index contributed by atoms with van der Waals surface area (Å²) in [6.07, 6.45) is 17.5. The van der Waals surface area contributed by atoms with Crippen molar-refractivity contribution in [3.05, 3.63) is 71.5 Å². The number of allylic oxidation sites excluding steroid dienone is 9. The van der Waals surface area contributed by atoms with Crippen LogP contribution in [-0.4, -0.2) is 29.8 Å². The molecule has 0 aromatic carbocycles. The molecule has 0 aliphatic heterocycles. The lowest BCUT2D eigenvalue weighted by molar-refractivity contribution is -0.136. The fraction of sp³-hybridized carbons (Fsp3) is 0.462. The molecule has 0 spiro atoms. The monoisotopic (exact) mass is 408 g/mol. The largest absolute Gasteiger partial charge is 0.355 e. The maximum Gasteiger partial charge on any atom is 0.240 e. The van der Waals surface area contributed by atoms with Crippen LogP contribution < -0.4 is 5.32 Å². The van der Waals surface area contributed by atoms with Gasteiger partial charge in [-0.3, -0.25) is 9.59 Å².